The third-order valence-corrected chi connectivity index (χ3v) is 5.95. The molecule has 0 unspecified atom stereocenters. The Morgan fingerprint density at radius 1 is 1.11 bits per heavy atom. The van der Waals surface area contributed by atoms with E-state index >= 15 is 0 Å². The molecule has 4 heterocycles. The van der Waals surface area contributed by atoms with E-state index in [0.717, 1.165) is 30.5 Å². The highest BCUT2D eigenvalue weighted by molar-refractivity contribution is 5.92. The fourth-order valence-corrected chi connectivity index (χ4v) is 4.38. The van der Waals surface area contributed by atoms with Crippen LogP contribution in [0.5, 0.6) is 0 Å². The van der Waals surface area contributed by atoms with Crippen LogP contribution in [-0.2, 0) is 11.2 Å². The molecule has 0 spiro atoms. The molecule has 0 radical (unpaired) electrons. The Kier molecular flexibility index (Phi) is 5.11. The lowest BCUT2D eigenvalue weighted by atomic mass is 9.94. The first-order valence-corrected chi connectivity index (χ1v) is 9.92. The van der Waals surface area contributed by atoms with Crippen LogP contribution in [0.2, 0.25) is 0 Å². The molecule has 0 aliphatic carbocycles. The minimum atomic E-state index is -0.0890. The van der Waals surface area contributed by atoms with Gasteiger partial charge in [0.15, 0.2) is 0 Å². The van der Waals surface area contributed by atoms with Gasteiger partial charge in [-0.2, -0.15) is 0 Å². The van der Waals surface area contributed by atoms with E-state index in [0.29, 0.717) is 31.1 Å². The van der Waals surface area contributed by atoms with Crippen LogP contribution < -0.4 is 0 Å². The van der Waals surface area contributed by atoms with Crippen molar-refractivity contribution in [1.82, 2.24) is 19.8 Å². The van der Waals surface area contributed by atoms with Gasteiger partial charge in [0.05, 0.1) is 12.6 Å². The van der Waals surface area contributed by atoms with Crippen molar-refractivity contribution in [1.29, 1.82) is 0 Å². The molecule has 2 bridgehead atoms. The second-order valence-electron chi connectivity index (χ2n) is 8.05. The van der Waals surface area contributed by atoms with Crippen molar-refractivity contribution in [3.05, 3.63) is 59.2 Å². The van der Waals surface area contributed by atoms with Crippen LogP contribution in [0, 0.1) is 19.8 Å². The van der Waals surface area contributed by atoms with Gasteiger partial charge in [-0.3, -0.25) is 14.6 Å². The first-order chi connectivity index (χ1) is 13.5. The van der Waals surface area contributed by atoms with Crippen LogP contribution in [0.25, 0.3) is 0 Å². The highest BCUT2D eigenvalue weighted by atomic mass is 16.2. The van der Waals surface area contributed by atoms with Gasteiger partial charge in [-0.05, 0) is 43.7 Å². The van der Waals surface area contributed by atoms with Gasteiger partial charge in [-0.1, -0.05) is 23.8 Å². The number of rotatable bonds is 3. The van der Waals surface area contributed by atoms with Gasteiger partial charge in [-0.15, -0.1) is 0 Å². The summed E-state index contributed by atoms with van der Waals surface area (Å²) in [4.78, 5) is 38.0. The van der Waals surface area contributed by atoms with Crippen LogP contribution in [0.4, 0.5) is 0 Å². The number of carbonyl (C=O) groups excluding carboxylic acids is 2. The summed E-state index contributed by atoms with van der Waals surface area (Å²) >= 11 is 0. The lowest BCUT2D eigenvalue weighted by Gasteiger charge is -2.36. The molecule has 146 valence electrons. The molecular formula is C22H26N4O2. The summed E-state index contributed by atoms with van der Waals surface area (Å²) in [6.07, 6.45) is 7.05. The van der Waals surface area contributed by atoms with Gasteiger partial charge in [0.1, 0.15) is 5.69 Å². The number of fused-ring (bicyclic) bond motifs is 4. The molecule has 6 nitrogen and oxygen atoms in total. The van der Waals surface area contributed by atoms with Gasteiger partial charge in [0.25, 0.3) is 5.91 Å². The third-order valence-electron chi connectivity index (χ3n) is 5.95. The number of carbonyl (C=O) groups is 2. The highest BCUT2D eigenvalue weighted by Crippen LogP contribution is 2.29. The number of hydrogen-bond acceptors (Lipinski definition) is 4. The van der Waals surface area contributed by atoms with Crippen molar-refractivity contribution >= 4 is 11.8 Å². The van der Waals surface area contributed by atoms with E-state index in [2.05, 4.69) is 42.0 Å². The summed E-state index contributed by atoms with van der Waals surface area (Å²) in [5, 5.41) is 0. The number of amides is 2. The summed E-state index contributed by atoms with van der Waals surface area (Å²) in [5.41, 5.74) is 3.79. The average Bonchev–Trinajstić information content (AvgIpc) is 3.03. The number of aromatic nitrogens is 2. The smallest absolute Gasteiger partial charge is 0.274 e. The van der Waals surface area contributed by atoms with E-state index in [4.69, 9.17) is 0 Å². The molecule has 2 amide bonds. The minimum absolute atomic E-state index is 0.0805. The van der Waals surface area contributed by atoms with E-state index in [1.165, 1.54) is 11.8 Å². The topological polar surface area (TPSA) is 66.4 Å². The number of piperidine rings is 1. The molecule has 2 atom stereocenters. The Hall–Kier alpha value is -2.76. The summed E-state index contributed by atoms with van der Waals surface area (Å²) in [6.45, 7) is 6.09. The van der Waals surface area contributed by atoms with Crippen molar-refractivity contribution in [3.63, 3.8) is 0 Å². The van der Waals surface area contributed by atoms with Gasteiger partial charge in [0.2, 0.25) is 5.91 Å². The molecule has 2 aromatic rings. The summed E-state index contributed by atoms with van der Waals surface area (Å²) < 4.78 is 0. The second kappa shape index (κ2) is 7.70. The maximum Gasteiger partial charge on any atom is 0.274 e. The second-order valence-corrected chi connectivity index (χ2v) is 8.05. The molecule has 3 saturated heterocycles. The predicted molar refractivity (Wildman–Crippen MR) is 106 cm³/mol. The molecule has 1 aromatic carbocycles. The molecule has 3 aliphatic rings. The van der Waals surface area contributed by atoms with E-state index in [1.807, 2.05) is 9.80 Å². The zero-order valence-electron chi connectivity index (χ0n) is 16.5. The molecule has 0 saturated carbocycles. The molecule has 5 rings (SSSR count). The lowest BCUT2D eigenvalue weighted by molar-refractivity contribution is -0.134. The molecule has 1 aromatic heterocycles. The molecule has 3 fully saturated rings. The predicted octanol–water partition coefficient (Wildman–Crippen LogP) is 2.40. The van der Waals surface area contributed by atoms with E-state index in [-0.39, 0.29) is 17.9 Å². The van der Waals surface area contributed by atoms with Gasteiger partial charge >= 0.3 is 0 Å². The van der Waals surface area contributed by atoms with Crippen molar-refractivity contribution in [2.75, 3.05) is 19.6 Å². The molecule has 0 N–H and O–H groups in total. The van der Waals surface area contributed by atoms with E-state index in [1.54, 1.807) is 12.4 Å². The summed E-state index contributed by atoms with van der Waals surface area (Å²) in [7, 11) is 0. The summed E-state index contributed by atoms with van der Waals surface area (Å²) in [6, 6.07) is 6.34. The fraction of sp³-hybridized carbons (Fsp3) is 0.455. The monoisotopic (exact) mass is 378 g/mol. The largest absolute Gasteiger partial charge is 0.337 e. The normalized spacial score (nSPS) is 21.5. The number of nitrogens with zero attached hydrogens (tertiary/aromatic N) is 4. The Morgan fingerprint density at radius 3 is 2.75 bits per heavy atom. The number of aryl methyl sites for hydroxylation is 2. The number of benzene rings is 1. The Labute approximate surface area is 165 Å². The van der Waals surface area contributed by atoms with Gasteiger partial charge in [0, 0.05) is 38.1 Å². The SMILES string of the molecule is Cc1ccc(C)c(CC(=O)N2C[C@H]3CC[C@@H]2CN(C(=O)c2cnccn2)C3)c1. The molecule has 3 aliphatic heterocycles. The first-order valence-electron chi connectivity index (χ1n) is 9.92. The van der Waals surface area contributed by atoms with Crippen LogP contribution in [0.1, 0.15) is 40.0 Å². The molecule has 6 heteroatoms. The minimum Gasteiger partial charge on any atom is -0.337 e. The van der Waals surface area contributed by atoms with Crippen LogP contribution >= 0.6 is 0 Å². The third kappa shape index (κ3) is 3.77. The zero-order chi connectivity index (χ0) is 19.7. The lowest BCUT2D eigenvalue weighted by Crippen LogP contribution is -2.48. The molecule has 28 heavy (non-hydrogen) atoms. The Balaban J connectivity index is 1.49. The van der Waals surface area contributed by atoms with Crippen LogP contribution in [-0.4, -0.2) is 57.3 Å². The summed E-state index contributed by atoms with van der Waals surface area (Å²) in [5.74, 6) is 0.396. The zero-order valence-corrected chi connectivity index (χ0v) is 16.5. The van der Waals surface area contributed by atoms with Crippen molar-refractivity contribution in [2.45, 2.75) is 39.2 Å². The number of hydrogen-bond donors (Lipinski definition) is 0. The molecular weight excluding hydrogens is 352 g/mol. The van der Waals surface area contributed by atoms with Crippen molar-refractivity contribution < 1.29 is 9.59 Å². The maximum atomic E-state index is 13.1. The Morgan fingerprint density at radius 2 is 1.96 bits per heavy atom. The standard InChI is InChI=1S/C22H26N4O2/c1-15-3-4-16(2)18(9-15)10-21(27)26-13-17-5-6-19(26)14-25(12-17)22(28)20-11-23-7-8-24-20/h3-4,7-9,11,17,19H,5-6,10,12-14H2,1-2H3/t17-,19+/m0/s1. The van der Waals surface area contributed by atoms with E-state index < -0.39 is 0 Å². The van der Waals surface area contributed by atoms with Gasteiger partial charge in [-0.25, -0.2) is 4.98 Å². The van der Waals surface area contributed by atoms with Crippen LogP contribution in [0.15, 0.2) is 36.8 Å². The van der Waals surface area contributed by atoms with Gasteiger partial charge < -0.3 is 9.80 Å². The average molecular weight is 378 g/mol. The van der Waals surface area contributed by atoms with E-state index in [9.17, 15) is 9.59 Å². The van der Waals surface area contributed by atoms with Crippen molar-refractivity contribution in [3.8, 4) is 0 Å². The van der Waals surface area contributed by atoms with Crippen molar-refractivity contribution in [2.24, 2.45) is 5.92 Å². The fourth-order valence-electron chi connectivity index (χ4n) is 4.38. The van der Waals surface area contributed by atoms with Crippen LogP contribution in [0.3, 0.4) is 0 Å². The maximum absolute atomic E-state index is 13.1. The Bertz CT molecular complexity index is 883. The quantitative estimate of drug-likeness (QED) is 0.823. The highest BCUT2D eigenvalue weighted by Gasteiger charge is 2.38. The first kappa shape index (κ1) is 18.6.